The second-order valence-corrected chi connectivity index (χ2v) is 6.68. The third-order valence-electron chi connectivity index (χ3n) is 4.70. The molecule has 0 atom stereocenters. The Morgan fingerprint density at radius 3 is 2.56 bits per heavy atom. The zero-order chi connectivity index (χ0) is 19.5. The Labute approximate surface area is 163 Å². The Morgan fingerprint density at radius 1 is 1.11 bits per heavy atom. The number of hydrogen-bond acceptors (Lipinski definition) is 3. The van der Waals surface area contributed by atoms with Gasteiger partial charge < -0.3 is 15.4 Å². The summed E-state index contributed by atoms with van der Waals surface area (Å²) in [5.74, 6) is 0.822. The molecular formula is C21H33N5O. The summed E-state index contributed by atoms with van der Waals surface area (Å²) in [5, 5.41) is 11.2. The number of guanidine groups is 1. The van der Waals surface area contributed by atoms with Gasteiger partial charge in [-0.2, -0.15) is 5.10 Å². The van der Waals surface area contributed by atoms with Crippen molar-refractivity contribution in [2.24, 2.45) is 12.0 Å². The molecule has 0 saturated carbocycles. The van der Waals surface area contributed by atoms with E-state index in [1.807, 2.05) is 24.7 Å². The monoisotopic (exact) mass is 371 g/mol. The van der Waals surface area contributed by atoms with Crippen molar-refractivity contribution in [1.82, 2.24) is 20.4 Å². The van der Waals surface area contributed by atoms with Crippen LogP contribution in [0.3, 0.4) is 0 Å². The molecule has 1 aromatic carbocycles. The second kappa shape index (κ2) is 11.4. The van der Waals surface area contributed by atoms with Crippen molar-refractivity contribution >= 4 is 5.96 Å². The third kappa shape index (κ3) is 7.06. The zero-order valence-corrected chi connectivity index (χ0v) is 17.1. The number of rotatable bonds is 10. The summed E-state index contributed by atoms with van der Waals surface area (Å²) in [6, 6.07) is 10.5. The summed E-state index contributed by atoms with van der Waals surface area (Å²) in [5.41, 5.74) is 4.80. The maximum atomic E-state index is 5.72. The number of nitrogens with zero attached hydrogens (tertiary/aromatic N) is 3. The minimum atomic E-state index is 0.730. The highest BCUT2D eigenvalue weighted by Crippen LogP contribution is 2.10. The minimum absolute atomic E-state index is 0.730. The molecule has 6 heteroatoms. The van der Waals surface area contributed by atoms with Crippen molar-refractivity contribution in [3.05, 3.63) is 52.8 Å². The third-order valence-corrected chi connectivity index (χ3v) is 4.70. The minimum Gasteiger partial charge on any atom is -0.381 e. The summed E-state index contributed by atoms with van der Waals surface area (Å²) < 4.78 is 7.64. The molecule has 0 aliphatic heterocycles. The van der Waals surface area contributed by atoms with E-state index in [1.165, 1.54) is 16.8 Å². The van der Waals surface area contributed by atoms with Gasteiger partial charge in [0.2, 0.25) is 0 Å². The second-order valence-electron chi connectivity index (χ2n) is 6.68. The Morgan fingerprint density at radius 2 is 1.89 bits per heavy atom. The molecule has 6 nitrogen and oxygen atoms in total. The normalized spacial score (nSPS) is 11.6. The van der Waals surface area contributed by atoms with Gasteiger partial charge in [-0.05, 0) is 38.7 Å². The van der Waals surface area contributed by atoms with Crippen LogP contribution in [-0.4, -0.2) is 42.5 Å². The van der Waals surface area contributed by atoms with Gasteiger partial charge in [0.15, 0.2) is 5.96 Å². The van der Waals surface area contributed by atoms with E-state index in [0.717, 1.165) is 57.2 Å². The highest BCUT2D eigenvalue weighted by molar-refractivity contribution is 5.79. The molecule has 0 saturated heterocycles. The van der Waals surface area contributed by atoms with Crippen molar-refractivity contribution in [2.45, 2.75) is 39.7 Å². The number of unbranched alkanes of at least 4 members (excludes halogenated alkanes) is 1. The molecule has 0 aliphatic rings. The molecule has 0 unspecified atom stereocenters. The van der Waals surface area contributed by atoms with E-state index in [4.69, 9.17) is 4.74 Å². The van der Waals surface area contributed by atoms with Gasteiger partial charge in [0.05, 0.1) is 12.3 Å². The fourth-order valence-corrected chi connectivity index (χ4v) is 2.94. The van der Waals surface area contributed by atoms with Gasteiger partial charge in [0.25, 0.3) is 0 Å². The van der Waals surface area contributed by atoms with Gasteiger partial charge in [0.1, 0.15) is 0 Å². The Balaban J connectivity index is 1.54. The van der Waals surface area contributed by atoms with E-state index in [0.29, 0.717) is 0 Å². The maximum absolute atomic E-state index is 5.72. The van der Waals surface area contributed by atoms with Crippen molar-refractivity contribution in [3.63, 3.8) is 0 Å². The molecule has 0 fully saturated rings. The highest BCUT2D eigenvalue weighted by atomic mass is 16.5. The summed E-state index contributed by atoms with van der Waals surface area (Å²) in [7, 11) is 3.77. The lowest BCUT2D eigenvalue weighted by Crippen LogP contribution is -2.37. The van der Waals surface area contributed by atoms with E-state index in [1.54, 1.807) is 7.05 Å². The molecule has 0 bridgehead atoms. The number of hydrogen-bond donors (Lipinski definition) is 2. The summed E-state index contributed by atoms with van der Waals surface area (Å²) in [6.45, 7) is 7.32. The first-order valence-corrected chi connectivity index (χ1v) is 9.67. The topological polar surface area (TPSA) is 63.5 Å². The van der Waals surface area contributed by atoms with Gasteiger partial charge in [-0.25, -0.2) is 0 Å². The van der Waals surface area contributed by atoms with Crippen LogP contribution >= 0.6 is 0 Å². The van der Waals surface area contributed by atoms with Crippen molar-refractivity contribution < 1.29 is 4.74 Å². The lowest BCUT2D eigenvalue weighted by Gasteiger charge is -2.12. The van der Waals surface area contributed by atoms with Crippen LogP contribution < -0.4 is 10.6 Å². The first-order chi connectivity index (χ1) is 13.1. The molecule has 2 aromatic rings. The molecule has 0 aliphatic carbocycles. The molecule has 0 amide bonds. The Kier molecular flexibility index (Phi) is 8.84. The van der Waals surface area contributed by atoms with E-state index in [2.05, 4.69) is 51.9 Å². The zero-order valence-electron chi connectivity index (χ0n) is 17.1. The molecule has 27 heavy (non-hydrogen) atoms. The van der Waals surface area contributed by atoms with Crippen LogP contribution in [0.2, 0.25) is 0 Å². The van der Waals surface area contributed by atoms with E-state index in [9.17, 15) is 0 Å². The van der Waals surface area contributed by atoms with Crippen molar-refractivity contribution in [1.29, 1.82) is 0 Å². The fraction of sp³-hybridized carbons (Fsp3) is 0.524. The van der Waals surface area contributed by atoms with Crippen molar-refractivity contribution in [3.8, 4) is 0 Å². The number of ether oxygens (including phenoxy) is 1. The fourth-order valence-electron chi connectivity index (χ4n) is 2.94. The van der Waals surface area contributed by atoms with Crippen LogP contribution in [0, 0.1) is 13.8 Å². The largest absolute Gasteiger partial charge is 0.381 e. The van der Waals surface area contributed by atoms with Gasteiger partial charge in [-0.1, -0.05) is 30.3 Å². The molecule has 1 heterocycles. The summed E-state index contributed by atoms with van der Waals surface area (Å²) in [6.07, 6.45) is 3.07. The van der Waals surface area contributed by atoms with Crippen LogP contribution in [0.25, 0.3) is 0 Å². The van der Waals surface area contributed by atoms with Gasteiger partial charge in [-0.15, -0.1) is 0 Å². The first kappa shape index (κ1) is 21.0. The van der Waals surface area contributed by atoms with Crippen LogP contribution in [-0.2, 0) is 24.8 Å². The lowest BCUT2D eigenvalue weighted by atomic mass is 10.2. The van der Waals surface area contributed by atoms with Gasteiger partial charge in [-0.3, -0.25) is 9.67 Å². The molecule has 0 radical (unpaired) electrons. The smallest absolute Gasteiger partial charge is 0.191 e. The first-order valence-electron chi connectivity index (χ1n) is 9.67. The van der Waals surface area contributed by atoms with E-state index < -0.39 is 0 Å². The SMILES string of the molecule is CN=C(NCCCCOCCc1ccccc1)NCc1c(C)nn(C)c1C. The van der Waals surface area contributed by atoms with Crippen LogP contribution in [0.15, 0.2) is 35.3 Å². The molecule has 148 valence electrons. The average molecular weight is 372 g/mol. The van der Waals surface area contributed by atoms with Gasteiger partial charge in [0, 0.05) is 45.0 Å². The summed E-state index contributed by atoms with van der Waals surface area (Å²) in [4.78, 5) is 4.29. The molecule has 2 N–H and O–H groups in total. The number of nitrogens with one attached hydrogen (secondary N) is 2. The van der Waals surface area contributed by atoms with Crippen LogP contribution in [0.5, 0.6) is 0 Å². The number of aliphatic imine (C=N–C) groups is 1. The Bertz CT molecular complexity index is 709. The quantitative estimate of drug-likeness (QED) is 0.383. The highest BCUT2D eigenvalue weighted by Gasteiger charge is 2.09. The average Bonchev–Trinajstić information content (AvgIpc) is 2.92. The Hall–Kier alpha value is -2.34. The number of aromatic nitrogens is 2. The lowest BCUT2D eigenvalue weighted by molar-refractivity contribution is 0.133. The van der Waals surface area contributed by atoms with Gasteiger partial charge >= 0.3 is 0 Å². The van der Waals surface area contributed by atoms with E-state index in [-0.39, 0.29) is 0 Å². The maximum Gasteiger partial charge on any atom is 0.191 e. The predicted molar refractivity (Wildman–Crippen MR) is 111 cm³/mol. The molecule has 1 aromatic heterocycles. The molecular weight excluding hydrogens is 338 g/mol. The number of benzene rings is 1. The van der Waals surface area contributed by atoms with Crippen LogP contribution in [0.1, 0.15) is 35.4 Å². The summed E-state index contributed by atoms with van der Waals surface area (Å²) >= 11 is 0. The van der Waals surface area contributed by atoms with E-state index >= 15 is 0 Å². The molecule has 0 spiro atoms. The predicted octanol–water partition coefficient (Wildman–Crippen LogP) is 2.74. The standard InChI is InChI=1S/C21H33N5O/c1-17-20(18(2)26(4)25-17)16-24-21(22-3)23-13-8-9-14-27-15-12-19-10-6-5-7-11-19/h5-7,10-11H,8-9,12-16H2,1-4H3,(H2,22,23,24). The number of aryl methyl sites for hydroxylation is 2. The van der Waals surface area contributed by atoms with Crippen molar-refractivity contribution in [2.75, 3.05) is 26.8 Å². The molecule has 2 rings (SSSR count). The van der Waals surface area contributed by atoms with Crippen LogP contribution in [0.4, 0.5) is 0 Å².